The van der Waals surface area contributed by atoms with Crippen molar-refractivity contribution < 1.29 is 9.59 Å². The summed E-state index contributed by atoms with van der Waals surface area (Å²) in [6.45, 7) is 1.46. The second-order valence-corrected chi connectivity index (χ2v) is 7.20. The van der Waals surface area contributed by atoms with E-state index in [1.165, 1.54) is 6.92 Å². The van der Waals surface area contributed by atoms with E-state index < -0.39 is 6.17 Å². The van der Waals surface area contributed by atoms with Crippen molar-refractivity contribution in [3.8, 4) is 11.3 Å². The summed E-state index contributed by atoms with van der Waals surface area (Å²) in [7, 11) is 0. The van der Waals surface area contributed by atoms with E-state index in [-0.39, 0.29) is 11.8 Å². The van der Waals surface area contributed by atoms with Gasteiger partial charge in [0.15, 0.2) is 0 Å². The highest BCUT2D eigenvalue weighted by Gasteiger charge is 2.18. The van der Waals surface area contributed by atoms with E-state index in [4.69, 9.17) is 0 Å². The number of nitrogens with zero attached hydrogens (tertiary/aromatic N) is 3. The SMILES string of the molecule is CC(=O)Nc1ccc(-c2ccnc(NC(NC(=O)c3ccccc3)c3ccccn3)n2)cc1. The van der Waals surface area contributed by atoms with Crippen LogP contribution in [0.15, 0.2) is 91.3 Å². The zero-order valence-electron chi connectivity index (χ0n) is 17.9. The van der Waals surface area contributed by atoms with Gasteiger partial charge < -0.3 is 16.0 Å². The normalized spacial score (nSPS) is 11.3. The summed E-state index contributed by atoms with van der Waals surface area (Å²) < 4.78 is 0. The highest BCUT2D eigenvalue weighted by atomic mass is 16.2. The summed E-state index contributed by atoms with van der Waals surface area (Å²) >= 11 is 0. The van der Waals surface area contributed by atoms with Gasteiger partial charge in [0.25, 0.3) is 5.91 Å². The number of hydrogen-bond acceptors (Lipinski definition) is 6. The minimum Gasteiger partial charge on any atom is -0.329 e. The first-order valence-electron chi connectivity index (χ1n) is 10.3. The van der Waals surface area contributed by atoms with Crippen LogP contribution in [0.3, 0.4) is 0 Å². The van der Waals surface area contributed by atoms with Crippen LogP contribution in [0.2, 0.25) is 0 Å². The van der Waals surface area contributed by atoms with E-state index >= 15 is 0 Å². The van der Waals surface area contributed by atoms with Crippen LogP contribution in [0.5, 0.6) is 0 Å². The number of hydrogen-bond donors (Lipinski definition) is 3. The lowest BCUT2D eigenvalue weighted by Crippen LogP contribution is -2.34. The smallest absolute Gasteiger partial charge is 0.253 e. The predicted molar refractivity (Wildman–Crippen MR) is 126 cm³/mol. The molecule has 33 heavy (non-hydrogen) atoms. The van der Waals surface area contributed by atoms with Crippen LogP contribution in [0.25, 0.3) is 11.3 Å². The zero-order valence-corrected chi connectivity index (χ0v) is 17.9. The highest BCUT2D eigenvalue weighted by Crippen LogP contribution is 2.21. The Morgan fingerprint density at radius 1 is 0.818 bits per heavy atom. The molecule has 2 aromatic carbocycles. The van der Waals surface area contributed by atoms with Gasteiger partial charge in [0.05, 0.1) is 11.4 Å². The molecule has 8 heteroatoms. The molecule has 0 radical (unpaired) electrons. The minimum absolute atomic E-state index is 0.130. The summed E-state index contributed by atoms with van der Waals surface area (Å²) in [5, 5.41) is 8.86. The van der Waals surface area contributed by atoms with Crippen LogP contribution < -0.4 is 16.0 Å². The van der Waals surface area contributed by atoms with Crippen molar-refractivity contribution in [3.63, 3.8) is 0 Å². The Balaban J connectivity index is 1.56. The molecule has 0 fully saturated rings. The standard InChI is InChI=1S/C25H22N6O2/c1-17(32)28-20-12-10-18(11-13-20)21-14-16-27-25(29-21)31-23(22-9-5-6-15-26-22)30-24(33)19-7-3-2-4-8-19/h2-16,23H,1H3,(H,28,32)(H,30,33)(H,27,29,31). The van der Waals surface area contributed by atoms with Crippen molar-refractivity contribution in [2.24, 2.45) is 0 Å². The van der Waals surface area contributed by atoms with Crippen molar-refractivity contribution in [2.45, 2.75) is 13.1 Å². The van der Waals surface area contributed by atoms with Crippen LogP contribution in [0.1, 0.15) is 29.1 Å². The summed E-state index contributed by atoms with van der Waals surface area (Å²) in [6.07, 6.45) is 2.66. The van der Waals surface area contributed by atoms with Crippen LogP contribution in [-0.4, -0.2) is 26.8 Å². The molecule has 0 spiro atoms. The topological polar surface area (TPSA) is 109 Å². The Morgan fingerprint density at radius 2 is 1.58 bits per heavy atom. The van der Waals surface area contributed by atoms with Gasteiger partial charge in [-0.05, 0) is 42.5 Å². The van der Waals surface area contributed by atoms with Gasteiger partial charge in [-0.1, -0.05) is 36.4 Å². The van der Waals surface area contributed by atoms with E-state index in [1.54, 1.807) is 36.7 Å². The van der Waals surface area contributed by atoms with Gasteiger partial charge in [-0.2, -0.15) is 0 Å². The molecule has 0 aliphatic rings. The molecular weight excluding hydrogens is 416 g/mol. The number of anilines is 2. The first-order valence-corrected chi connectivity index (χ1v) is 10.3. The number of amides is 2. The largest absolute Gasteiger partial charge is 0.329 e. The fourth-order valence-corrected chi connectivity index (χ4v) is 3.18. The van der Waals surface area contributed by atoms with E-state index in [0.717, 1.165) is 5.56 Å². The van der Waals surface area contributed by atoms with Crippen molar-refractivity contribution in [2.75, 3.05) is 10.6 Å². The van der Waals surface area contributed by atoms with Crippen LogP contribution in [0, 0.1) is 0 Å². The lowest BCUT2D eigenvalue weighted by Gasteiger charge is -2.20. The van der Waals surface area contributed by atoms with E-state index in [9.17, 15) is 9.59 Å². The Kier molecular flexibility index (Phi) is 6.65. The summed E-state index contributed by atoms with van der Waals surface area (Å²) in [5.74, 6) is -0.0414. The van der Waals surface area contributed by atoms with Gasteiger partial charge in [0.1, 0.15) is 6.17 Å². The van der Waals surface area contributed by atoms with Gasteiger partial charge >= 0.3 is 0 Å². The van der Waals surface area contributed by atoms with E-state index in [2.05, 4.69) is 30.9 Å². The molecule has 0 aliphatic carbocycles. The maximum absolute atomic E-state index is 12.8. The van der Waals surface area contributed by atoms with Gasteiger partial charge in [-0.25, -0.2) is 9.97 Å². The van der Waals surface area contributed by atoms with Gasteiger partial charge in [-0.3, -0.25) is 14.6 Å². The monoisotopic (exact) mass is 438 g/mol. The van der Waals surface area contributed by atoms with Crippen LogP contribution in [0.4, 0.5) is 11.6 Å². The zero-order chi connectivity index (χ0) is 23.0. The molecule has 2 heterocycles. The molecular formula is C25H22N6O2. The molecule has 164 valence electrons. The molecule has 0 saturated carbocycles. The van der Waals surface area contributed by atoms with Crippen molar-refractivity contribution >= 4 is 23.5 Å². The number of pyridine rings is 1. The van der Waals surface area contributed by atoms with Crippen LogP contribution in [-0.2, 0) is 4.79 Å². The summed E-state index contributed by atoms with van der Waals surface area (Å²) in [5.41, 5.74) is 3.41. The average molecular weight is 438 g/mol. The number of aromatic nitrogens is 3. The Bertz CT molecular complexity index is 1230. The maximum atomic E-state index is 12.8. The average Bonchev–Trinajstić information content (AvgIpc) is 2.85. The lowest BCUT2D eigenvalue weighted by atomic mass is 10.1. The molecule has 2 aromatic heterocycles. The third kappa shape index (κ3) is 5.76. The third-order valence-electron chi connectivity index (χ3n) is 4.72. The van der Waals surface area contributed by atoms with Crippen molar-refractivity contribution in [1.82, 2.24) is 20.3 Å². The number of nitrogens with one attached hydrogen (secondary N) is 3. The molecule has 1 unspecified atom stereocenters. The maximum Gasteiger partial charge on any atom is 0.253 e. The molecule has 0 bridgehead atoms. The second kappa shape index (κ2) is 10.1. The Hall–Kier alpha value is -4.59. The number of rotatable bonds is 7. The van der Waals surface area contributed by atoms with Crippen LogP contribution >= 0.6 is 0 Å². The molecule has 3 N–H and O–H groups in total. The van der Waals surface area contributed by atoms with E-state index in [0.29, 0.717) is 28.6 Å². The first kappa shape index (κ1) is 21.6. The summed E-state index contributed by atoms with van der Waals surface area (Å²) in [4.78, 5) is 37.3. The quantitative estimate of drug-likeness (QED) is 0.376. The minimum atomic E-state index is -0.642. The number of carbonyl (C=O) groups is 2. The molecule has 1 atom stereocenters. The molecule has 0 aliphatic heterocycles. The van der Waals surface area contributed by atoms with Gasteiger partial charge in [0, 0.05) is 36.1 Å². The molecule has 0 saturated heterocycles. The lowest BCUT2D eigenvalue weighted by molar-refractivity contribution is -0.114. The first-order chi connectivity index (χ1) is 16.1. The fourth-order valence-electron chi connectivity index (χ4n) is 3.18. The van der Waals surface area contributed by atoms with Crippen molar-refractivity contribution in [1.29, 1.82) is 0 Å². The van der Waals surface area contributed by atoms with Gasteiger partial charge in [0.2, 0.25) is 11.9 Å². The third-order valence-corrected chi connectivity index (χ3v) is 4.72. The molecule has 2 amide bonds. The van der Waals surface area contributed by atoms with Gasteiger partial charge in [-0.15, -0.1) is 0 Å². The summed E-state index contributed by atoms with van der Waals surface area (Å²) in [6, 6.07) is 23.6. The molecule has 8 nitrogen and oxygen atoms in total. The second-order valence-electron chi connectivity index (χ2n) is 7.20. The Morgan fingerprint density at radius 3 is 2.27 bits per heavy atom. The number of carbonyl (C=O) groups excluding carboxylic acids is 2. The molecule has 4 rings (SSSR count). The predicted octanol–water partition coefficient (Wildman–Crippen LogP) is 4.04. The fraction of sp³-hybridized carbons (Fsp3) is 0.0800. The van der Waals surface area contributed by atoms with Crippen molar-refractivity contribution in [3.05, 3.63) is 103 Å². The molecule has 4 aromatic rings. The van der Waals surface area contributed by atoms with E-state index in [1.807, 2.05) is 54.6 Å². The Labute approximate surface area is 191 Å². The highest BCUT2D eigenvalue weighted by molar-refractivity contribution is 5.94. The number of benzene rings is 2.